The molecule has 0 saturated carbocycles. The van der Waals surface area contributed by atoms with E-state index in [0.29, 0.717) is 18.7 Å². The Morgan fingerprint density at radius 2 is 1.65 bits per heavy atom. The molecular formula is C28H32FN3O4S. The van der Waals surface area contributed by atoms with Crippen molar-refractivity contribution in [2.75, 3.05) is 17.4 Å². The second-order valence-electron chi connectivity index (χ2n) is 8.74. The Hall–Kier alpha value is -3.72. The van der Waals surface area contributed by atoms with Crippen molar-refractivity contribution in [3.8, 4) is 0 Å². The number of carbonyl (C=O) groups is 2. The maximum absolute atomic E-state index is 14.5. The van der Waals surface area contributed by atoms with Crippen LogP contribution in [0.25, 0.3) is 0 Å². The standard InChI is InChI=1S/C28H32FN3O4S/c1-4-17-30-28(34)22(3)31(19-23-12-8-9-16-26(23)29)27(33)20-32(24-13-10-11-21(2)18-24)37(35,36)25-14-6-5-7-15-25/h5-16,18,22H,4,17,19-20H2,1-3H3,(H,30,34). The van der Waals surface area contributed by atoms with Crippen LogP contribution in [-0.2, 0) is 26.2 Å². The van der Waals surface area contributed by atoms with Gasteiger partial charge in [0.2, 0.25) is 11.8 Å². The Balaban J connectivity index is 2.02. The summed E-state index contributed by atoms with van der Waals surface area (Å²) in [7, 11) is -4.13. The van der Waals surface area contributed by atoms with Gasteiger partial charge in [0, 0.05) is 18.7 Å². The lowest BCUT2D eigenvalue weighted by Gasteiger charge is -2.32. The minimum Gasteiger partial charge on any atom is -0.354 e. The smallest absolute Gasteiger partial charge is 0.264 e. The number of halogens is 1. The van der Waals surface area contributed by atoms with Gasteiger partial charge >= 0.3 is 0 Å². The molecule has 0 saturated heterocycles. The predicted molar refractivity (Wildman–Crippen MR) is 142 cm³/mol. The van der Waals surface area contributed by atoms with Gasteiger partial charge in [0.25, 0.3) is 10.0 Å². The van der Waals surface area contributed by atoms with Crippen LogP contribution >= 0.6 is 0 Å². The molecule has 0 heterocycles. The summed E-state index contributed by atoms with van der Waals surface area (Å²) in [4.78, 5) is 27.8. The van der Waals surface area contributed by atoms with E-state index in [1.165, 1.54) is 35.2 Å². The first kappa shape index (κ1) is 27.9. The molecule has 7 nitrogen and oxygen atoms in total. The van der Waals surface area contributed by atoms with Crippen LogP contribution in [0.1, 0.15) is 31.4 Å². The molecule has 0 aliphatic heterocycles. The van der Waals surface area contributed by atoms with E-state index in [-0.39, 0.29) is 17.0 Å². The van der Waals surface area contributed by atoms with E-state index in [9.17, 15) is 22.4 Å². The van der Waals surface area contributed by atoms with Crippen molar-refractivity contribution in [3.63, 3.8) is 0 Å². The summed E-state index contributed by atoms with van der Waals surface area (Å²) < 4.78 is 42.9. The van der Waals surface area contributed by atoms with E-state index < -0.39 is 40.2 Å². The molecule has 0 aromatic heterocycles. The van der Waals surface area contributed by atoms with Crippen LogP contribution in [-0.4, -0.2) is 44.3 Å². The fraction of sp³-hybridized carbons (Fsp3) is 0.286. The van der Waals surface area contributed by atoms with Crippen LogP contribution in [0.4, 0.5) is 10.1 Å². The molecule has 3 aromatic rings. The van der Waals surface area contributed by atoms with Crippen LogP contribution < -0.4 is 9.62 Å². The minimum atomic E-state index is -4.13. The maximum atomic E-state index is 14.5. The van der Waals surface area contributed by atoms with Crippen molar-refractivity contribution in [2.45, 2.75) is 44.7 Å². The van der Waals surface area contributed by atoms with Crippen LogP contribution in [0.3, 0.4) is 0 Å². The third-order valence-corrected chi connectivity index (χ3v) is 7.70. The lowest BCUT2D eigenvalue weighted by Crippen LogP contribution is -2.51. The molecule has 37 heavy (non-hydrogen) atoms. The van der Waals surface area contributed by atoms with Crippen molar-refractivity contribution in [1.29, 1.82) is 0 Å². The Bertz CT molecular complexity index is 1330. The van der Waals surface area contributed by atoms with Crippen molar-refractivity contribution >= 4 is 27.5 Å². The summed E-state index contributed by atoms with van der Waals surface area (Å²) in [6, 6.07) is 19.7. The average Bonchev–Trinajstić information content (AvgIpc) is 2.89. The highest BCUT2D eigenvalue weighted by molar-refractivity contribution is 7.92. The molecule has 9 heteroatoms. The second-order valence-corrected chi connectivity index (χ2v) is 10.6. The quantitative estimate of drug-likeness (QED) is 0.405. The highest BCUT2D eigenvalue weighted by atomic mass is 32.2. The first-order chi connectivity index (χ1) is 17.6. The first-order valence-electron chi connectivity index (χ1n) is 12.1. The third-order valence-electron chi connectivity index (χ3n) is 5.91. The molecular weight excluding hydrogens is 493 g/mol. The number of carbonyl (C=O) groups excluding carboxylic acids is 2. The topological polar surface area (TPSA) is 86.8 Å². The number of rotatable bonds is 11. The number of nitrogens with one attached hydrogen (secondary N) is 1. The van der Waals surface area contributed by atoms with Crippen molar-refractivity contribution in [1.82, 2.24) is 10.2 Å². The van der Waals surface area contributed by atoms with E-state index in [1.54, 1.807) is 49.4 Å². The fourth-order valence-corrected chi connectivity index (χ4v) is 5.25. The zero-order chi connectivity index (χ0) is 27.0. The number of anilines is 1. The van der Waals surface area contributed by atoms with Gasteiger partial charge < -0.3 is 10.2 Å². The van der Waals surface area contributed by atoms with Gasteiger partial charge in [0.05, 0.1) is 10.6 Å². The fourth-order valence-electron chi connectivity index (χ4n) is 3.82. The van der Waals surface area contributed by atoms with Crippen LogP contribution in [0, 0.1) is 12.7 Å². The molecule has 3 aromatic carbocycles. The van der Waals surface area contributed by atoms with Crippen molar-refractivity contribution in [2.24, 2.45) is 0 Å². The molecule has 1 atom stereocenters. The molecule has 0 radical (unpaired) electrons. The van der Waals surface area contributed by atoms with Gasteiger partial charge in [-0.05, 0) is 56.2 Å². The molecule has 0 bridgehead atoms. The van der Waals surface area contributed by atoms with Crippen LogP contribution in [0.2, 0.25) is 0 Å². The van der Waals surface area contributed by atoms with Crippen molar-refractivity contribution < 1.29 is 22.4 Å². The second kappa shape index (κ2) is 12.5. The van der Waals surface area contributed by atoms with Gasteiger partial charge in [0.15, 0.2) is 0 Å². The maximum Gasteiger partial charge on any atom is 0.264 e. The summed E-state index contributed by atoms with van der Waals surface area (Å²) in [6.07, 6.45) is 0.705. The van der Waals surface area contributed by atoms with E-state index in [1.807, 2.05) is 19.9 Å². The molecule has 0 aliphatic carbocycles. The van der Waals surface area contributed by atoms with Crippen LogP contribution in [0.15, 0.2) is 83.8 Å². The van der Waals surface area contributed by atoms with Gasteiger partial charge in [-0.1, -0.05) is 55.5 Å². The molecule has 1 N–H and O–H groups in total. The lowest BCUT2D eigenvalue weighted by atomic mass is 10.1. The van der Waals surface area contributed by atoms with E-state index in [4.69, 9.17) is 0 Å². The summed E-state index contributed by atoms with van der Waals surface area (Å²) >= 11 is 0. The van der Waals surface area contributed by atoms with E-state index in [2.05, 4.69) is 5.32 Å². The Kier molecular flexibility index (Phi) is 9.41. The molecule has 196 valence electrons. The SMILES string of the molecule is CCCNC(=O)C(C)N(Cc1ccccc1F)C(=O)CN(c1cccc(C)c1)S(=O)(=O)c1ccccc1. The number of hydrogen-bond acceptors (Lipinski definition) is 4. The van der Waals surface area contributed by atoms with Crippen molar-refractivity contribution in [3.05, 3.63) is 95.8 Å². The largest absolute Gasteiger partial charge is 0.354 e. The number of hydrogen-bond donors (Lipinski definition) is 1. The van der Waals surface area contributed by atoms with Gasteiger partial charge in [-0.2, -0.15) is 0 Å². The molecule has 0 fully saturated rings. The number of sulfonamides is 1. The number of nitrogens with zero attached hydrogens (tertiary/aromatic N) is 2. The Morgan fingerprint density at radius 1 is 0.973 bits per heavy atom. The molecule has 0 aliphatic rings. The summed E-state index contributed by atoms with van der Waals surface area (Å²) in [5, 5.41) is 2.76. The molecule has 3 rings (SSSR count). The zero-order valence-electron chi connectivity index (χ0n) is 21.2. The van der Waals surface area contributed by atoms with Gasteiger partial charge in [-0.25, -0.2) is 12.8 Å². The third kappa shape index (κ3) is 6.95. The Labute approximate surface area is 218 Å². The highest BCUT2D eigenvalue weighted by Crippen LogP contribution is 2.25. The molecule has 0 spiro atoms. The van der Waals surface area contributed by atoms with Gasteiger partial charge in [-0.3, -0.25) is 13.9 Å². The van der Waals surface area contributed by atoms with E-state index >= 15 is 0 Å². The normalized spacial score (nSPS) is 12.0. The highest BCUT2D eigenvalue weighted by Gasteiger charge is 2.32. The summed E-state index contributed by atoms with van der Waals surface area (Å²) in [5.74, 6) is -1.56. The number of amides is 2. The Morgan fingerprint density at radius 3 is 2.30 bits per heavy atom. The molecule has 1 unspecified atom stereocenters. The van der Waals surface area contributed by atoms with Crippen LogP contribution in [0.5, 0.6) is 0 Å². The summed E-state index contributed by atoms with van der Waals surface area (Å²) in [5.41, 5.74) is 1.35. The molecule has 2 amide bonds. The first-order valence-corrected chi connectivity index (χ1v) is 13.5. The van der Waals surface area contributed by atoms with Gasteiger partial charge in [0.1, 0.15) is 18.4 Å². The predicted octanol–water partition coefficient (Wildman–Crippen LogP) is 4.27. The minimum absolute atomic E-state index is 0.0266. The monoisotopic (exact) mass is 525 g/mol. The van der Waals surface area contributed by atoms with Gasteiger partial charge in [-0.15, -0.1) is 0 Å². The van der Waals surface area contributed by atoms with E-state index in [0.717, 1.165) is 9.87 Å². The summed E-state index contributed by atoms with van der Waals surface area (Å²) in [6.45, 7) is 4.93. The number of aryl methyl sites for hydroxylation is 1. The zero-order valence-corrected chi connectivity index (χ0v) is 22.0. The number of benzene rings is 3. The lowest BCUT2D eigenvalue weighted by molar-refractivity contribution is -0.139. The average molecular weight is 526 g/mol.